The maximum Gasteiger partial charge on any atom is 0.196 e. The molecule has 104 valence electrons. The quantitative estimate of drug-likeness (QED) is 0.673. The van der Waals surface area contributed by atoms with Crippen LogP contribution in [0.25, 0.3) is 5.65 Å². The number of aromatic nitrogens is 3. The lowest BCUT2D eigenvalue weighted by Crippen LogP contribution is -1.89. The molecule has 1 aromatic carbocycles. The van der Waals surface area contributed by atoms with Gasteiger partial charge in [-0.15, -0.1) is 10.2 Å². The molecule has 3 aromatic rings. The summed E-state index contributed by atoms with van der Waals surface area (Å²) in [5, 5.41) is 18.7. The van der Waals surface area contributed by atoms with Crippen molar-refractivity contribution in [2.75, 3.05) is 0 Å². The molecule has 7 heteroatoms. The van der Waals surface area contributed by atoms with Gasteiger partial charge in [0.25, 0.3) is 0 Å². The van der Waals surface area contributed by atoms with Crippen LogP contribution in [0.1, 0.15) is 11.1 Å². The molecule has 0 spiro atoms. The van der Waals surface area contributed by atoms with Crippen LogP contribution in [0.2, 0.25) is 10.0 Å². The largest absolute Gasteiger partial charge is 0.275 e. The normalized spacial score (nSPS) is 10.7. The van der Waals surface area contributed by atoms with Gasteiger partial charge in [0.15, 0.2) is 10.8 Å². The number of benzene rings is 1. The molecular formula is C14H8Cl2N4S. The van der Waals surface area contributed by atoms with E-state index in [-0.39, 0.29) is 0 Å². The number of hydrogen-bond donors (Lipinski definition) is 0. The van der Waals surface area contributed by atoms with Crippen LogP contribution >= 0.6 is 35.0 Å². The number of rotatable bonds is 3. The van der Waals surface area contributed by atoms with Gasteiger partial charge in [-0.3, -0.25) is 4.40 Å². The fourth-order valence-electron chi connectivity index (χ4n) is 1.82. The van der Waals surface area contributed by atoms with Crippen molar-refractivity contribution in [2.45, 2.75) is 10.9 Å². The molecule has 0 N–H and O–H groups in total. The summed E-state index contributed by atoms with van der Waals surface area (Å²) < 4.78 is 1.78. The highest BCUT2D eigenvalue weighted by Crippen LogP contribution is 2.27. The first kappa shape index (κ1) is 14.2. The van der Waals surface area contributed by atoms with Crippen molar-refractivity contribution in [1.29, 1.82) is 5.26 Å². The summed E-state index contributed by atoms with van der Waals surface area (Å²) >= 11 is 13.6. The Labute approximate surface area is 135 Å². The Kier molecular flexibility index (Phi) is 4.02. The third kappa shape index (κ3) is 2.98. The first-order valence-electron chi connectivity index (χ1n) is 5.99. The Bertz CT molecular complexity index is 837. The highest BCUT2D eigenvalue weighted by Gasteiger charge is 2.10. The Morgan fingerprint density at radius 2 is 1.95 bits per heavy atom. The van der Waals surface area contributed by atoms with Gasteiger partial charge in [-0.2, -0.15) is 5.26 Å². The maximum atomic E-state index is 8.78. The van der Waals surface area contributed by atoms with Crippen LogP contribution in [0, 0.1) is 11.3 Å². The Balaban J connectivity index is 1.83. The van der Waals surface area contributed by atoms with E-state index < -0.39 is 0 Å². The predicted octanol–water partition coefficient (Wildman–Crippen LogP) is 4.20. The number of hydrogen-bond acceptors (Lipinski definition) is 4. The number of halogens is 2. The van der Waals surface area contributed by atoms with Crippen molar-refractivity contribution in [2.24, 2.45) is 0 Å². The van der Waals surface area contributed by atoms with Crippen molar-refractivity contribution in [3.8, 4) is 6.07 Å². The van der Waals surface area contributed by atoms with E-state index in [1.165, 1.54) is 11.8 Å². The lowest BCUT2D eigenvalue weighted by molar-refractivity contribution is 0.921. The minimum absolute atomic E-state index is 0.472. The van der Waals surface area contributed by atoms with Crippen LogP contribution in [0.5, 0.6) is 0 Å². The van der Waals surface area contributed by atoms with Crippen LogP contribution in [0.15, 0.2) is 41.7 Å². The lowest BCUT2D eigenvalue weighted by atomic mass is 10.2. The fourth-order valence-corrected chi connectivity index (χ4v) is 3.20. The summed E-state index contributed by atoms with van der Waals surface area (Å²) in [5.41, 5.74) is 2.34. The van der Waals surface area contributed by atoms with Gasteiger partial charge in [0.05, 0.1) is 21.7 Å². The highest BCUT2D eigenvalue weighted by atomic mass is 35.5. The third-order valence-electron chi connectivity index (χ3n) is 2.85. The molecule has 0 saturated carbocycles. The van der Waals surface area contributed by atoms with Crippen LogP contribution in [-0.2, 0) is 5.75 Å². The Hall–Kier alpha value is -1.74. The van der Waals surface area contributed by atoms with Crippen LogP contribution < -0.4 is 0 Å². The zero-order chi connectivity index (χ0) is 14.8. The first-order chi connectivity index (χ1) is 10.2. The lowest BCUT2D eigenvalue weighted by Gasteiger charge is -2.02. The second-order valence-electron chi connectivity index (χ2n) is 4.28. The number of thioether (sulfide) groups is 1. The SMILES string of the molecule is N#Cc1ccc(CSc2nnc3c(Cl)cc(Cl)cn23)cc1. The third-order valence-corrected chi connectivity index (χ3v) is 4.35. The molecule has 2 aromatic heterocycles. The summed E-state index contributed by atoms with van der Waals surface area (Å²) in [7, 11) is 0. The summed E-state index contributed by atoms with van der Waals surface area (Å²) in [4.78, 5) is 0. The Morgan fingerprint density at radius 1 is 1.19 bits per heavy atom. The van der Waals surface area contributed by atoms with E-state index in [2.05, 4.69) is 16.3 Å². The van der Waals surface area contributed by atoms with E-state index in [0.717, 1.165) is 16.5 Å². The number of fused-ring (bicyclic) bond motifs is 1. The molecule has 4 nitrogen and oxygen atoms in total. The zero-order valence-corrected chi connectivity index (χ0v) is 13.0. The van der Waals surface area contributed by atoms with Crippen LogP contribution in [0.3, 0.4) is 0 Å². The molecule has 0 radical (unpaired) electrons. The maximum absolute atomic E-state index is 8.78. The van der Waals surface area contributed by atoms with Gasteiger partial charge < -0.3 is 0 Å². The van der Waals surface area contributed by atoms with Gasteiger partial charge in [-0.1, -0.05) is 47.1 Å². The molecule has 0 amide bonds. The number of nitriles is 1. The number of pyridine rings is 1. The van der Waals surface area contributed by atoms with Crippen LogP contribution in [-0.4, -0.2) is 14.6 Å². The van der Waals surface area contributed by atoms with Gasteiger partial charge in [-0.25, -0.2) is 0 Å². The highest BCUT2D eigenvalue weighted by molar-refractivity contribution is 7.98. The molecule has 0 unspecified atom stereocenters. The van der Waals surface area contributed by atoms with Gasteiger partial charge in [-0.05, 0) is 23.8 Å². The minimum Gasteiger partial charge on any atom is -0.275 e. The second-order valence-corrected chi connectivity index (χ2v) is 6.07. The molecular weight excluding hydrogens is 327 g/mol. The van der Waals surface area contributed by atoms with E-state index >= 15 is 0 Å². The smallest absolute Gasteiger partial charge is 0.196 e. The molecule has 2 heterocycles. The molecule has 21 heavy (non-hydrogen) atoms. The molecule has 0 fully saturated rings. The standard InChI is InChI=1S/C14H8Cl2N4S/c15-11-5-12(16)13-18-19-14(20(13)7-11)21-8-10-3-1-9(6-17)2-4-10/h1-5,7H,8H2. The molecule has 0 aliphatic rings. The van der Waals surface area contributed by atoms with Gasteiger partial charge in [0.2, 0.25) is 0 Å². The Morgan fingerprint density at radius 3 is 2.67 bits per heavy atom. The molecule has 0 aliphatic heterocycles. The fraction of sp³-hybridized carbons (Fsp3) is 0.0714. The van der Waals surface area contributed by atoms with E-state index in [1.807, 2.05) is 12.1 Å². The molecule has 3 rings (SSSR count). The van der Waals surface area contributed by atoms with Crippen LogP contribution in [0.4, 0.5) is 0 Å². The van der Waals surface area contributed by atoms with Gasteiger partial charge >= 0.3 is 0 Å². The van der Waals surface area contributed by atoms with Gasteiger partial charge in [0.1, 0.15) is 0 Å². The minimum atomic E-state index is 0.472. The number of nitrogens with zero attached hydrogens (tertiary/aromatic N) is 4. The van der Waals surface area contributed by atoms with Crippen molar-refractivity contribution in [1.82, 2.24) is 14.6 Å². The molecule has 0 saturated heterocycles. The summed E-state index contributed by atoms with van der Waals surface area (Å²) in [6.45, 7) is 0. The molecule has 0 atom stereocenters. The van der Waals surface area contributed by atoms with Crippen molar-refractivity contribution >= 4 is 40.6 Å². The summed E-state index contributed by atoms with van der Waals surface area (Å²) in [5.74, 6) is 0.719. The van der Waals surface area contributed by atoms with E-state index in [0.29, 0.717) is 21.3 Å². The zero-order valence-electron chi connectivity index (χ0n) is 10.6. The summed E-state index contributed by atoms with van der Waals surface area (Å²) in [6.07, 6.45) is 1.74. The average Bonchev–Trinajstić information content (AvgIpc) is 2.89. The second kappa shape index (κ2) is 5.94. The molecule has 0 aliphatic carbocycles. The van der Waals surface area contributed by atoms with E-state index in [1.54, 1.807) is 28.8 Å². The first-order valence-corrected chi connectivity index (χ1v) is 7.73. The van der Waals surface area contributed by atoms with Crippen molar-refractivity contribution in [3.05, 3.63) is 57.7 Å². The molecule has 0 bridgehead atoms. The topological polar surface area (TPSA) is 54.0 Å². The van der Waals surface area contributed by atoms with Crippen molar-refractivity contribution < 1.29 is 0 Å². The monoisotopic (exact) mass is 334 g/mol. The van der Waals surface area contributed by atoms with E-state index in [4.69, 9.17) is 28.5 Å². The van der Waals surface area contributed by atoms with E-state index in [9.17, 15) is 0 Å². The summed E-state index contributed by atoms with van der Waals surface area (Å²) in [6, 6.07) is 11.2. The average molecular weight is 335 g/mol. The van der Waals surface area contributed by atoms with Gasteiger partial charge in [0, 0.05) is 11.9 Å². The van der Waals surface area contributed by atoms with Crippen molar-refractivity contribution in [3.63, 3.8) is 0 Å². The predicted molar refractivity (Wildman–Crippen MR) is 83.7 cm³/mol.